The summed E-state index contributed by atoms with van der Waals surface area (Å²) in [5.41, 5.74) is 1.03. The topological polar surface area (TPSA) is 45.2 Å². The summed E-state index contributed by atoms with van der Waals surface area (Å²) in [7, 11) is 0. The third kappa shape index (κ3) is 3.30. The Morgan fingerprint density at radius 2 is 2.20 bits per heavy atom. The van der Waals surface area contributed by atoms with Crippen LogP contribution in [0.5, 0.6) is 0 Å². The Morgan fingerprint density at radius 3 is 2.80 bits per heavy atom. The zero-order chi connectivity index (χ0) is 13.9. The van der Waals surface area contributed by atoms with Crippen LogP contribution >= 0.6 is 0 Å². The second-order valence-electron chi connectivity index (χ2n) is 6.02. The molecule has 1 atom stereocenters. The van der Waals surface area contributed by atoms with Crippen LogP contribution in [0, 0.1) is 5.92 Å². The highest BCUT2D eigenvalue weighted by molar-refractivity contribution is 5.75. The molecule has 2 aliphatic carbocycles. The minimum Gasteiger partial charge on any atom is -0.338 e. The van der Waals surface area contributed by atoms with Crippen LogP contribution < -0.4 is 5.32 Å². The smallest absolute Gasteiger partial charge is 0.317 e. The van der Waals surface area contributed by atoms with Crippen LogP contribution in [-0.2, 0) is 6.42 Å². The number of carbonyl (C=O) groups is 1. The summed E-state index contributed by atoms with van der Waals surface area (Å²) in [4.78, 5) is 18.8. The van der Waals surface area contributed by atoms with Gasteiger partial charge in [-0.25, -0.2) is 4.79 Å². The zero-order valence-corrected chi connectivity index (χ0v) is 12.1. The van der Waals surface area contributed by atoms with E-state index in [1.54, 1.807) is 6.20 Å². The van der Waals surface area contributed by atoms with Gasteiger partial charge in [0.2, 0.25) is 0 Å². The molecule has 2 amide bonds. The summed E-state index contributed by atoms with van der Waals surface area (Å²) in [5.74, 6) is 0.733. The van der Waals surface area contributed by atoms with Crippen LogP contribution in [0.15, 0.2) is 24.4 Å². The van der Waals surface area contributed by atoms with Gasteiger partial charge in [0.1, 0.15) is 0 Å². The summed E-state index contributed by atoms with van der Waals surface area (Å²) in [6.45, 7) is 2.87. The summed E-state index contributed by atoms with van der Waals surface area (Å²) in [5, 5.41) is 3.06. The summed E-state index contributed by atoms with van der Waals surface area (Å²) >= 11 is 0. The predicted octanol–water partition coefficient (Wildman–Crippen LogP) is 2.60. The van der Waals surface area contributed by atoms with Crippen LogP contribution in [0.25, 0.3) is 0 Å². The van der Waals surface area contributed by atoms with Gasteiger partial charge < -0.3 is 10.2 Å². The first kappa shape index (κ1) is 13.4. The van der Waals surface area contributed by atoms with E-state index in [2.05, 4.69) is 22.1 Å². The molecule has 108 valence electrons. The Hall–Kier alpha value is -1.58. The van der Waals surface area contributed by atoms with Crippen LogP contribution in [0.3, 0.4) is 0 Å². The molecule has 1 aromatic heterocycles. The Kier molecular flexibility index (Phi) is 3.90. The van der Waals surface area contributed by atoms with E-state index in [9.17, 15) is 4.79 Å². The summed E-state index contributed by atoms with van der Waals surface area (Å²) < 4.78 is 0. The molecule has 1 aromatic rings. The number of aromatic nitrogens is 1. The van der Waals surface area contributed by atoms with E-state index < -0.39 is 0 Å². The van der Waals surface area contributed by atoms with E-state index in [-0.39, 0.29) is 6.03 Å². The Morgan fingerprint density at radius 1 is 1.40 bits per heavy atom. The number of rotatable bonds is 6. The number of amides is 2. The molecule has 4 heteroatoms. The van der Waals surface area contributed by atoms with Crippen LogP contribution in [0.4, 0.5) is 4.79 Å². The van der Waals surface area contributed by atoms with Gasteiger partial charge in [-0.05, 0) is 50.7 Å². The van der Waals surface area contributed by atoms with Crippen molar-refractivity contribution in [1.82, 2.24) is 15.2 Å². The molecule has 0 bridgehead atoms. The van der Waals surface area contributed by atoms with E-state index in [4.69, 9.17) is 0 Å². The van der Waals surface area contributed by atoms with Crippen molar-refractivity contribution in [3.63, 3.8) is 0 Å². The number of pyridine rings is 1. The maximum absolute atomic E-state index is 12.4. The number of hydrogen-bond donors (Lipinski definition) is 1. The van der Waals surface area contributed by atoms with E-state index in [0.717, 1.165) is 18.0 Å². The van der Waals surface area contributed by atoms with Crippen LogP contribution in [0.1, 0.15) is 38.3 Å². The van der Waals surface area contributed by atoms with Gasteiger partial charge in [0.05, 0.1) is 0 Å². The number of carbonyl (C=O) groups excluding carboxylic acids is 1. The number of urea groups is 1. The number of nitrogens with zero attached hydrogens (tertiary/aromatic N) is 2. The standard InChI is InChI=1S/C16H23N3O/c1-12(13-5-6-13)19(15-7-8-15)16(20)18-11-9-14-4-2-3-10-17-14/h2-4,10,12-13,15H,5-9,11H2,1H3,(H,18,20)/t12-/m0/s1. The van der Waals surface area contributed by atoms with E-state index in [1.165, 1.54) is 25.7 Å². The van der Waals surface area contributed by atoms with E-state index in [1.807, 2.05) is 18.2 Å². The first-order valence-electron chi connectivity index (χ1n) is 7.72. The molecule has 1 heterocycles. The monoisotopic (exact) mass is 273 g/mol. The first-order valence-corrected chi connectivity index (χ1v) is 7.72. The SMILES string of the molecule is C[C@@H](C1CC1)N(C(=O)NCCc1ccccn1)C1CC1. The minimum atomic E-state index is 0.114. The average Bonchev–Trinajstić information content (AvgIpc) is 3.32. The van der Waals surface area contributed by atoms with Gasteiger partial charge in [-0.1, -0.05) is 6.07 Å². The Bertz CT molecular complexity index is 454. The first-order chi connectivity index (χ1) is 9.75. The third-order valence-corrected chi connectivity index (χ3v) is 4.30. The van der Waals surface area contributed by atoms with Gasteiger partial charge in [0, 0.05) is 36.9 Å². The minimum absolute atomic E-state index is 0.114. The van der Waals surface area contributed by atoms with Crippen molar-refractivity contribution in [2.45, 2.75) is 51.1 Å². The molecule has 0 spiro atoms. The van der Waals surface area contributed by atoms with Crippen molar-refractivity contribution in [3.05, 3.63) is 30.1 Å². The van der Waals surface area contributed by atoms with Gasteiger partial charge in [-0.3, -0.25) is 4.98 Å². The fourth-order valence-corrected chi connectivity index (χ4v) is 2.78. The second kappa shape index (κ2) is 5.81. The molecular weight excluding hydrogens is 250 g/mol. The largest absolute Gasteiger partial charge is 0.338 e. The lowest BCUT2D eigenvalue weighted by Gasteiger charge is -2.29. The molecule has 0 radical (unpaired) electrons. The normalized spacial score (nSPS) is 19.4. The maximum atomic E-state index is 12.4. The van der Waals surface area contributed by atoms with Crippen molar-refractivity contribution in [3.8, 4) is 0 Å². The van der Waals surface area contributed by atoms with Crippen molar-refractivity contribution < 1.29 is 4.79 Å². The van der Waals surface area contributed by atoms with Crippen molar-refractivity contribution >= 4 is 6.03 Å². The van der Waals surface area contributed by atoms with Crippen LogP contribution in [0.2, 0.25) is 0 Å². The molecule has 2 aliphatic rings. The molecule has 2 fully saturated rings. The van der Waals surface area contributed by atoms with E-state index >= 15 is 0 Å². The van der Waals surface area contributed by atoms with Gasteiger partial charge in [-0.2, -0.15) is 0 Å². The fourth-order valence-electron chi connectivity index (χ4n) is 2.78. The fraction of sp³-hybridized carbons (Fsp3) is 0.625. The highest BCUT2D eigenvalue weighted by atomic mass is 16.2. The van der Waals surface area contributed by atoms with E-state index in [0.29, 0.717) is 18.6 Å². The Balaban J connectivity index is 1.49. The Labute approximate surface area is 120 Å². The molecule has 20 heavy (non-hydrogen) atoms. The molecule has 1 N–H and O–H groups in total. The number of nitrogens with one attached hydrogen (secondary N) is 1. The second-order valence-corrected chi connectivity index (χ2v) is 6.02. The van der Waals surface area contributed by atoms with Gasteiger partial charge in [0.25, 0.3) is 0 Å². The maximum Gasteiger partial charge on any atom is 0.317 e. The van der Waals surface area contributed by atoms with Gasteiger partial charge >= 0.3 is 6.03 Å². The molecular formula is C16H23N3O. The summed E-state index contributed by atoms with van der Waals surface area (Å²) in [6, 6.07) is 6.89. The predicted molar refractivity (Wildman–Crippen MR) is 78.4 cm³/mol. The highest BCUT2D eigenvalue weighted by Gasteiger charge is 2.41. The molecule has 4 nitrogen and oxygen atoms in total. The summed E-state index contributed by atoms with van der Waals surface area (Å²) in [6.07, 6.45) is 7.50. The lowest BCUT2D eigenvalue weighted by molar-refractivity contribution is 0.167. The molecule has 0 unspecified atom stereocenters. The van der Waals surface area contributed by atoms with Crippen molar-refractivity contribution in [2.24, 2.45) is 5.92 Å². The molecule has 0 saturated heterocycles. The quantitative estimate of drug-likeness (QED) is 0.866. The zero-order valence-electron chi connectivity index (χ0n) is 12.1. The number of hydrogen-bond acceptors (Lipinski definition) is 2. The lowest BCUT2D eigenvalue weighted by Crippen LogP contribution is -2.47. The molecule has 0 aliphatic heterocycles. The molecule has 2 saturated carbocycles. The van der Waals surface area contributed by atoms with Crippen LogP contribution in [-0.4, -0.2) is 34.5 Å². The molecule has 0 aromatic carbocycles. The third-order valence-electron chi connectivity index (χ3n) is 4.30. The van der Waals surface area contributed by atoms with Gasteiger partial charge in [-0.15, -0.1) is 0 Å². The van der Waals surface area contributed by atoms with Crippen molar-refractivity contribution in [1.29, 1.82) is 0 Å². The van der Waals surface area contributed by atoms with Crippen molar-refractivity contribution in [2.75, 3.05) is 6.54 Å². The lowest BCUT2D eigenvalue weighted by atomic mass is 10.2. The molecule has 3 rings (SSSR count). The van der Waals surface area contributed by atoms with Gasteiger partial charge in [0.15, 0.2) is 0 Å². The highest BCUT2D eigenvalue weighted by Crippen LogP contribution is 2.39. The average molecular weight is 273 g/mol.